The monoisotopic (exact) mass is 1190 g/mol. The first kappa shape index (κ1) is 61.8. The maximum absolute atomic E-state index is 16.9. The number of hydrogen-bond acceptors (Lipinski definition) is 20. The molecule has 7 heterocycles. The van der Waals surface area contributed by atoms with Gasteiger partial charge in [0.15, 0.2) is 47.4 Å². The van der Waals surface area contributed by atoms with Crippen molar-refractivity contribution in [2.75, 3.05) is 24.3 Å². The Morgan fingerprint density at radius 2 is 1.27 bits per heavy atom. The summed E-state index contributed by atoms with van der Waals surface area (Å²) in [6.45, 7) is 0.989. The number of ether oxygens (including phenoxy) is 2. The highest BCUT2D eigenvalue weighted by molar-refractivity contribution is 8.54. The van der Waals surface area contributed by atoms with Gasteiger partial charge in [0.25, 0.3) is 0 Å². The van der Waals surface area contributed by atoms with Gasteiger partial charge < -0.3 is 41.2 Å². The fourth-order valence-corrected chi connectivity index (χ4v) is 14.1. The Morgan fingerprint density at radius 3 is 1.88 bits per heavy atom. The van der Waals surface area contributed by atoms with Crippen molar-refractivity contribution in [1.29, 1.82) is 0 Å². The fourth-order valence-electron chi connectivity index (χ4n) is 9.74. The molecule has 4 aromatic heterocycles. The molecule has 0 saturated carbocycles. The third-order valence-electron chi connectivity index (χ3n) is 14.2. The van der Waals surface area contributed by atoms with E-state index >= 15 is 13.3 Å². The fraction of sp³-hybridized carbons (Fsp3) is 0.627. The van der Waals surface area contributed by atoms with E-state index in [0.717, 1.165) is 49.2 Å². The summed E-state index contributed by atoms with van der Waals surface area (Å²) in [5, 5.41) is 18.6. The number of phosphoric acid groups is 1. The zero-order chi connectivity index (χ0) is 57.8. The van der Waals surface area contributed by atoms with Gasteiger partial charge in [-0.05, 0) is 48.3 Å². The van der Waals surface area contributed by atoms with Crippen molar-refractivity contribution in [2.24, 2.45) is 5.92 Å². The average molecular weight is 1190 g/mol. The van der Waals surface area contributed by atoms with Gasteiger partial charge in [0.2, 0.25) is 23.6 Å². The smallest absolute Gasteiger partial charge is 0.472 e. The maximum atomic E-state index is 16.9. The number of aromatic hydroxyl groups is 1. The van der Waals surface area contributed by atoms with Gasteiger partial charge in [0, 0.05) is 17.9 Å². The lowest BCUT2D eigenvalue weighted by Gasteiger charge is -2.29. The molecule has 0 bridgehead atoms. The van der Waals surface area contributed by atoms with Gasteiger partial charge >= 0.3 is 14.6 Å². The van der Waals surface area contributed by atoms with Gasteiger partial charge in [-0.15, -0.1) is 0 Å². The van der Waals surface area contributed by atoms with Gasteiger partial charge in [-0.25, -0.2) is 42.8 Å². The molecule has 444 valence electrons. The molecule has 25 nitrogen and oxygen atoms in total. The van der Waals surface area contributed by atoms with Crippen LogP contribution in [0.15, 0.2) is 49.6 Å². The number of rotatable bonds is 25. The molecule has 8 rings (SSSR count). The molecular weight excluding hydrogens is 1120 g/mol. The van der Waals surface area contributed by atoms with Crippen LogP contribution in [0.4, 0.5) is 20.3 Å². The molecule has 0 aliphatic carbocycles. The Kier molecular flexibility index (Phi) is 21.6. The first-order valence-corrected chi connectivity index (χ1v) is 32.1. The predicted octanol–water partition coefficient (Wildman–Crippen LogP) is 8.45. The molecule has 2 unspecified atom stereocenters. The molecule has 5 aromatic rings. The lowest BCUT2D eigenvalue weighted by Crippen LogP contribution is -2.53. The van der Waals surface area contributed by atoms with Gasteiger partial charge in [0.1, 0.15) is 54.7 Å². The Balaban J connectivity index is 0.887. The highest BCUT2D eigenvalue weighted by Crippen LogP contribution is 2.65. The summed E-state index contributed by atoms with van der Waals surface area (Å²) in [7, 11) is -5.24. The SMILES string of the molecule is CCCCCCCCCCCCCCCC(=O)N[C@H](C(=O)N[C@@H](C)C(=O)Nc1ccc(CSP2(=O)OC[C@H]3O[C@@H](n4cnc5c(N)ncnc54)[C@H](F)[C@@H]3OP(=O)(O)OC[C@H]3O[C@@H](n4cnc5c(O)ncnc54)[C@H](F)[C@@H]3O2)cc1)C(C)C. The summed E-state index contributed by atoms with van der Waals surface area (Å²) in [6, 6.07) is 4.48. The van der Waals surface area contributed by atoms with Crippen LogP contribution >= 0.6 is 26.0 Å². The Hall–Kier alpha value is -5.28. The van der Waals surface area contributed by atoms with Crippen LogP contribution in [0.3, 0.4) is 0 Å². The lowest BCUT2D eigenvalue weighted by molar-refractivity contribution is -0.131. The second-order valence-electron chi connectivity index (χ2n) is 20.7. The highest BCUT2D eigenvalue weighted by Gasteiger charge is 2.55. The minimum absolute atomic E-state index is 0.0150. The Labute approximate surface area is 471 Å². The van der Waals surface area contributed by atoms with E-state index in [4.69, 9.17) is 33.3 Å². The molecule has 0 radical (unpaired) electrons. The van der Waals surface area contributed by atoms with Crippen LogP contribution in [0.2, 0.25) is 0 Å². The number of benzene rings is 1. The Morgan fingerprint density at radius 1 is 0.728 bits per heavy atom. The standard InChI is InChI=1S/C51H72F2N12O13P2S/c1-5-6-7-8-9-10-11-12-13-14-15-16-17-18-36(66)63-39(30(2)3)49(69)61-31(4)47(67)62-33-21-19-32(20-22-33)25-81-80(72)74-24-35-42(37(52)50(76-35)64-28-59-40-44(54)55-26-56-45(40)64)77-79(70,71)73-23-34-43(78-80)38(53)51(75-34)65-29-60-41-46(65)57-27-58-48(41)68/h19-22,26-31,34-35,37-39,42-43,50-51H,5-18,23-25H2,1-4H3,(H,61,69)(H,62,67)(H,63,66)(H,70,71)(H2,54,55,56)(H,57,58,68)/t31-,34+,35+,37+,38+,39-,42+,43+,50+,51+,80?/m0/s1. The minimum atomic E-state index is -5.24. The third kappa shape index (κ3) is 15.9. The number of anilines is 2. The van der Waals surface area contributed by atoms with Gasteiger partial charge in [-0.3, -0.25) is 41.6 Å². The molecule has 3 amide bonds. The second-order valence-corrected chi connectivity index (χ2v) is 26.2. The average Bonchev–Trinajstić information content (AvgIpc) is 3.92. The zero-order valence-electron chi connectivity index (χ0n) is 45.6. The van der Waals surface area contributed by atoms with Gasteiger partial charge in [-0.1, -0.05) is 110 Å². The molecule has 3 saturated heterocycles. The second kappa shape index (κ2) is 28.3. The number of phosphoric ester groups is 1. The summed E-state index contributed by atoms with van der Waals surface area (Å²) < 4.78 is 99.2. The maximum Gasteiger partial charge on any atom is 0.472 e. The van der Waals surface area contributed by atoms with Crippen LogP contribution in [0.1, 0.15) is 136 Å². The number of nitrogens with one attached hydrogen (secondary N) is 3. The molecule has 3 aliphatic rings. The number of fused-ring (bicyclic) bond motifs is 4. The van der Waals surface area contributed by atoms with Crippen LogP contribution in [0.25, 0.3) is 22.3 Å². The van der Waals surface area contributed by atoms with Crippen molar-refractivity contribution in [3.05, 3.63) is 55.1 Å². The molecule has 3 fully saturated rings. The van der Waals surface area contributed by atoms with E-state index in [1.807, 2.05) is 13.8 Å². The number of nitrogens with two attached hydrogens (primary N) is 1. The number of nitrogen functional groups attached to an aromatic ring is 1. The number of imidazole rings is 2. The van der Waals surface area contributed by atoms with Crippen molar-refractivity contribution in [2.45, 2.75) is 185 Å². The van der Waals surface area contributed by atoms with Gasteiger partial charge in [0.05, 0.1) is 25.9 Å². The highest BCUT2D eigenvalue weighted by atomic mass is 32.7. The van der Waals surface area contributed by atoms with Crippen LogP contribution in [0.5, 0.6) is 5.88 Å². The number of carbonyl (C=O) groups is 3. The van der Waals surface area contributed by atoms with Crippen molar-refractivity contribution < 1.29 is 69.9 Å². The number of alkyl halides is 2. The normalized spacial score (nSPS) is 26.8. The summed E-state index contributed by atoms with van der Waals surface area (Å²) in [6.07, 6.45) is 5.52. The summed E-state index contributed by atoms with van der Waals surface area (Å²) >= 11 is 0.617. The topological polar surface area (TPSA) is 330 Å². The largest absolute Gasteiger partial charge is 0.492 e. The molecule has 0 spiro atoms. The van der Waals surface area contributed by atoms with Crippen LogP contribution in [-0.2, 0) is 56.8 Å². The number of carbonyl (C=O) groups excluding carboxylic acids is 3. The molecule has 3 aliphatic heterocycles. The van der Waals surface area contributed by atoms with E-state index in [1.54, 1.807) is 24.3 Å². The van der Waals surface area contributed by atoms with E-state index in [0.29, 0.717) is 29.1 Å². The molecule has 1 aromatic carbocycles. The quantitative estimate of drug-likeness (QED) is 0.0236. The number of unbranched alkanes of at least 4 members (excludes halogenated alkanes) is 12. The van der Waals surface area contributed by atoms with Crippen molar-refractivity contribution in [1.82, 2.24) is 49.7 Å². The number of hydrogen-bond donors (Lipinski definition) is 6. The van der Waals surface area contributed by atoms with Crippen molar-refractivity contribution in [3.63, 3.8) is 0 Å². The van der Waals surface area contributed by atoms with E-state index in [1.165, 1.54) is 75.6 Å². The van der Waals surface area contributed by atoms with E-state index in [-0.39, 0.29) is 45.7 Å². The summed E-state index contributed by atoms with van der Waals surface area (Å²) in [4.78, 5) is 74.6. The first-order chi connectivity index (χ1) is 38.8. The van der Waals surface area contributed by atoms with E-state index in [9.17, 15) is 28.9 Å². The number of aromatic nitrogens is 8. The lowest BCUT2D eigenvalue weighted by atomic mass is 10.0. The van der Waals surface area contributed by atoms with E-state index in [2.05, 4.69) is 52.8 Å². The molecule has 81 heavy (non-hydrogen) atoms. The minimum Gasteiger partial charge on any atom is -0.492 e. The summed E-state index contributed by atoms with van der Waals surface area (Å²) in [5.41, 5.74) is 6.82. The first-order valence-electron chi connectivity index (χ1n) is 27.5. The van der Waals surface area contributed by atoms with Crippen LogP contribution in [-0.4, -0.2) is 129 Å². The van der Waals surface area contributed by atoms with Gasteiger partial charge in [-0.2, -0.15) is 4.98 Å². The van der Waals surface area contributed by atoms with E-state index < -0.39 is 107 Å². The zero-order valence-corrected chi connectivity index (χ0v) is 48.2. The van der Waals surface area contributed by atoms with Crippen molar-refractivity contribution in [3.8, 4) is 5.88 Å². The molecule has 7 N–H and O–H groups in total. The van der Waals surface area contributed by atoms with Crippen molar-refractivity contribution >= 4 is 77.6 Å². The number of halogens is 2. The third-order valence-corrected chi connectivity index (χ3v) is 18.9. The Bertz CT molecular complexity index is 3020. The molecular formula is C51H72F2N12O13P2S. The molecule has 30 heteroatoms. The number of nitrogens with zero attached hydrogens (tertiary/aromatic N) is 8. The predicted molar refractivity (Wildman–Crippen MR) is 294 cm³/mol. The van der Waals surface area contributed by atoms with Crippen LogP contribution < -0.4 is 21.7 Å². The summed E-state index contributed by atoms with van der Waals surface area (Å²) in [5.74, 6) is -2.16. The molecule has 12 atom stereocenters. The van der Waals surface area contributed by atoms with Crippen LogP contribution in [0, 0.1) is 5.92 Å². The number of amides is 3.